The first kappa shape index (κ1) is 23.0. The van der Waals surface area contributed by atoms with Crippen molar-refractivity contribution in [2.24, 2.45) is 0 Å². The summed E-state index contributed by atoms with van der Waals surface area (Å²) in [5.41, 5.74) is 2.11. The van der Waals surface area contributed by atoms with Crippen molar-refractivity contribution in [2.45, 2.75) is 26.3 Å². The molecule has 1 atom stereocenters. The summed E-state index contributed by atoms with van der Waals surface area (Å²) >= 11 is 6.01. The van der Waals surface area contributed by atoms with E-state index < -0.39 is 17.5 Å². The van der Waals surface area contributed by atoms with E-state index in [0.29, 0.717) is 40.9 Å². The molecule has 2 aromatic carbocycles. The number of hydrogen-bond acceptors (Lipinski definition) is 5. The van der Waals surface area contributed by atoms with Crippen LogP contribution in [0.25, 0.3) is 5.69 Å². The Labute approximate surface area is 207 Å². The average Bonchev–Trinajstić information content (AvgIpc) is 3.26. The smallest absolute Gasteiger partial charge is 0.325 e. The van der Waals surface area contributed by atoms with Gasteiger partial charge in [-0.2, -0.15) is 0 Å². The van der Waals surface area contributed by atoms with Crippen molar-refractivity contribution in [3.8, 4) is 17.2 Å². The van der Waals surface area contributed by atoms with Crippen molar-refractivity contribution in [3.05, 3.63) is 76.1 Å². The lowest BCUT2D eigenvalue weighted by Crippen LogP contribution is -2.41. The van der Waals surface area contributed by atoms with E-state index in [0.717, 1.165) is 22.0 Å². The van der Waals surface area contributed by atoms with Gasteiger partial charge in [0.25, 0.3) is 5.91 Å². The first-order valence-electron chi connectivity index (χ1n) is 11.2. The number of imide groups is 1. The monoisotopic (exact) mass is 493 g/mol. The maximum Gasteiger partial charge on any atom is 0.325 e. The van der Waals surface area contributed by atoms with Crippen molar-refractivity contribution in [3.63, 3.8) is 0 Å². The van der Waals surface area contributed by atoms with Crippen molar-refractivity contribution < 1.29 is 23.9 Å². The first-order valence-corrected chi connectivity index (χ1v) is 11.6. The van der Waals surface area contributed by atoms with Gasteiger partial charge in [-0.15, -0.1) is 0 Å². The Hall–Kier alpha value is -3.78. The van der Waals surface area contributed by atoms with E-state index in [9.17, 15) is 14.4 Å². The number of ether oxygens (including phenoxy) is 2. The zero-order valence-corrected chi connectivity index (χ0v) is 20.3. The van der Waals surface area contributed by atoms with Gasteiger partial charge in [0, 0.05) is 27.7 Å². The molecule has 1 fully saturated rings. The maximum atomic E-state index is 13.4. The Kier molecular flexibility index (Phi) is 5.56. The van der Waals surface area contributed by atoms with Gasteiger partial charge in [-0.3, -0.25) is 14.5 Å². The van der Waals surface area contributed by atoms with Crippen LogP contribution in [0.15, 0.2) is 48.5 Å². The van der Waals surface area contributed by atoms with E-state index in [1.54, 1.807) is 43.3 Å². The molecule has 0 radical (unpaired) electrons. The van der Waals surface area contributed by atoms with Crippen molar-refractivity contribution >= 4 is 29.3 Å². The number of benzene rings is 2. The Morgan fingerprint density at radius 3 is 2.43 bits per heavy atom. The zero-order valence-electron chi connectivity index (χ0n) is 19.6. The minimum atomic E-state index is -1.33. The summed E-state index contributed by atoms with van der Waals surface area (Å²) in [6.07, 6.45) is 0. The van der Waals surface area contributed by atoms with Crippen LogP contribution in [-0.2, 0) is 10.3 Å². The fourth-order valence-electron chi connectivity index (χ4n) is 4.65. The molecule has 1 saturated heterocycles. The summed E-state index contributed by atoms with van der Waals surface area (Å²) in [7, 11) is 0. The lowest BCUT2D eigenvalue weighted by molar-refractivity contribution is -0.130. The number of nitrogens with one attached hydrogen (secondary N) is 1. The van der Waals surface area contributed by atoms with Gasteiger partial charge in [0.05, 0.1) is 6.54 Å². The first-order chi connectivity index (χ1) is 16.7. The van der Waals surface area contributed by atoms with Crippen LogP contribution in [0.4, 0.5) is 4.79 Å². The van der Waals surface area contributed by atoms with Crippen LogP contribution < -0.4 is 14.8 Å². The summed E-state index contributed by atoms with van der Waals surface area (Å²) in [5.74, 6) is 0.275. The second kappa shape index (κ2) is 8.46. The molecule has 3 amide bonds. The van der Waals surface area contributed by atoms with Crippen LogP contribution in [0, 0.1) is 13.8 Å². The number of ketones is 1. The second-order valence-electron chi connectivity index (χ2n) is 8.82. The predicted molar refractivity (Wildman–Crippen MR) is 130 cm³/mol. The number of amides is 3. The van der Waals surface area contributed by atoms with Crippen molar-refractivity contribution in [1.82, 2.24) is 14.8 Å². The summed E-state index contributed by atoms with van der Waals surface area (Å²) in [6, 6.07) is 13.6. The molecule has 2 aliphatic rings. The van der Waals surface area contributed by atoms with Gasteiger partial charge in [-0.25, -0.2) is 4.79 Å². The molecule has 0 unspecified atom stereocenters. The third-order valence-corrected chi connectivity index (χ3v) is 6.76. The topological polar surface area (TPSA) is 89.9 Å². The lowest BCUT2D eigenvalue weighted by Gasteiger charge is -2.25. The number of fused-ring (bicyclic) bond motifs is 1. The molecule has 3 heterocycles. The van der Waals surface area contributed by atoms with Crippen LogP contribution in [0.5, 0.6) is 11.5 Å². The molecule has 3 aromatic rings. The molecule has 9 heteroatoms. The number of urea groups is 1. The number of aromatic nitrogens is 1. The number of aryl methyl sites for hydroxylation is 1. The van der Waals surface area contributed by atoms with Crippen LogP contribution in [0.2, 0.25) is 5.02 Å². The highest BCUT2D eigenvalue weighted by Gasteiger charge is 2.50. The number of rotatable bonds is 5. The van der Waals surface area contributed by atoms with Gasteiger partial charge >= 0.3 is 6.03 Å². The minimum absolute atomic E-state index is 0.326. The molecule has 180 valence electrons. The van der Waals surface area contributed by atoms with E-state index in [4.69, 9.17) is 21.1 Å². The number of carbonyl (C=O) groups is 3. The summed E-state index contributed by atoms with van der Waals surface area (Å²) in [6.45, 7) is 5.84. The highest BCUT2D eigenvalue weighted by molar-refractivity contribution is 6.30. The standard InChI is InChI=1S/C26H24ClN3O5/c1-15-12-20(16(2)30(15)19-7-5-18(27)6-8-19)21(31)14-29-24(32)26(3,28-25(29)33)17-4-9-22-23(13-17)35-11-10-34-22/h4-9,12-13H,10-11,14H2,1-3H3,(H,28,33)/t26-/m1/s1. The van der Waals surface area contributed by atoms with Gasteiger partial charge in [0.1, 0.15) is 18.8 Å². The molecule has 8 nitrogen and oxygen atoms in total. The summed E-state index contributed by atoms with van der Waals surface area (Å²) in [5, 5.41) is 3.36. The molecule has 0 saturated carbocycles. The molecule has 5 rings (SSSR count). The van der Waals surface area contributed by atoms with Crippen molar-refractivity contribution in [2.75, 3.05) is 19.8 Å². The highest BCUT2D eigenvalue weighted by Crippen LogP contribution is 2.37. The van der Waals surface area contributed by atoms with Gasteiger partial charge in [-0.05, 0) is 68.8 Å². The Bertz CT molecular complexity index is 1360. The van der Waals surface area contributed by atoms with E-state index in [1.807, 2.05) is 30.5 Å². The van der Waals surface area contributed by atoms with Gasteiger partial charge in [-0.1, -0.05) is 17.7 Å². The molecule has 35 heavy (non-hydrogen) atoms. The largest absolute Gasteiger partial charge is 0.486 e. The predicted octanol–water partition coefficient (Wildman–Crippen LogP) is 4.17. The molecule has 0 bridgehead atoms. The van der Waals surface area contributed by atoms with Crippen LogP contribution in [0.1, 0.15) is 34.2 Å². The average molecular weight is 494 g/mol. The van der Waals surface area contributed by atoms with E-state index in [1.165, 1.54) is 0 Å². The summed E-state index contributed by atoms with van der Waals surface area (Å²) in [4.78, 5) is 40.4. The van der Waals surface area contributed by atoms with Gasteiger partial charge in [0.15, 0.2) is 17.3 Å². The van der Waals surface area contributed by atoms with Crippen molar-refractivity contribution in [1.29, 1.82) is 0 Å². The highest BCUT2D eigenvalue weighted by atomic mass is 35.5. The van der Waals surface area contributed by atoms with E-state index in [-0.39, 0.29) is 12.3 Å². The molecular formula is C26H24ClN3O5. The Morgan fingerprint density at radius 1 is 1.03 bits per heavy atom. The third-order valence-electron chi connectivity index (χ3n) is 6.51. The SMILES string of the molecule is Cc1cc(C(=O)CN2C(=O)N[C@](C)(c3ccc4c(c3)OCCO4)C2=O)c(C)n1-c1ccc(Cl)cc1. The minimum Gasteiger partial charge on any atom is -0.486 e. The number of halogens is 1. The third kappa shape index (κ3) is 3.83. The van der Waals surface area contributed by atoms with Gasteiger partial charge < -0.3 is 19.4 Å². The number of nitrogens with zero attached hydrogens (tertiary/aromatic N) is 2. The Morgan fingerprint density at radius 2 is 1.71 bits per heavy atom. The molecule has 1 aromatic heterocycles. The number of Topliss-reactive ketones (excluding diaryl/α,β-unsaturated/α-hetero) is 1. The number of hydrogen-bond donors (Lipinski definition) is 1. The Balaban J connectivity index is 1.40. The maximum absolute atomic E-state index is 13.4. The molecule has 2 aliphatic heterocycles. The van der Waals surface area contributed by atoms with Gasteiger partial charge in [0.2, 0.25) is 0 Å². The lowest BCUT2D eigenvalue weighted by atomic mass is 9.91. The van der Waals surface area contributed by atoms with Crippen LogP contribution in [0.3, 0.4) is 0 Å². The zero-order chi connectivity index (χ0) is 24.9. The number of carbonyl (C=O) groups excluding carboxylic acids is 3. The van der Waals surface area contributed by atoms with Crippen LogP contribution in [-0.4, -0.2) is 46.9 Å². The van der Waals surface area contributed by atoms with E-state index >= 15 is 0 Å². The molecule has 1 N–H and O–H groups in total. The normalized spacial score (nSPS) is 19.1. The summed E-state index contributed by atoms with van der Waals surface area (Å²) < 4.78 is 13.1. The second-order valence-corrected chi connectivity index (χ2v) is 9.26. The molecule has 0 spiro atoms. The molecule has 0 aliphatic carbocycles. The van der Waals surface area contributed by atoms with Crippen LogP contribution >= 0.6 is 11.6 Å². The quantitative estimate of drug-likeness (QED) is 0.425. The van der Waals surface area contributed by atoms with E-state index in [2.05, 4.69) is 5.32 Å². The molecular weight excluding hydrogens is 470 g/mol. The fraction of sp³-hybridized carbons (Fsp3) is 0.269. The fourth-order valence-corrected chi connectivity index (χ4v) is 4.78.